The Morgan fingerprint density at radius 3 is 2.88 bits per heavy atom. The highest BCUT2D eigenvalue weighted by Crippen LogP contribution is 2.31. The molecule has 3 aromatic rings. The molecular weight excluding hydrogens is 316 g/mol. The molecule has 0 unspecified atom stereocenters. The van der Waals surface area contributed by atoms with Gasteiger partial charge in [0.05, 0.1) is 18.4 Å². The Labute approximate surface area is 145 Å². The van der Waals surface area contributed by atoms with E-state index in [0.29, 0.717) is 24.7 Å². The molecule has 0 aromatic carbocycles. The summed E-state index contributed by atoms with van der Waals surface area (Å²) in [4.78, 5) is 28.1. The van der Waals surface area contributed by atoms with Gasteiger partial charge in [-0.05, 0) is 18.9 Å². The Hall–Kier alpha value is -2.70. The maximum atomic E-state index is 12.9. The van der Waals surface area contributed by atoms with Crippen LogP contribution >= 0.6 is 0 Å². The summed E-state index contributed by atoms with van der Waals surface area (Å²) in [5, 5.41) is 0. The normalized spacial score (nSPS) is 18.0. The van der Waals surface area contributed by atoms with Crippen LogP contribution in [0.15, 0.2) is 31.0 Å². The summed E-state index contributed by atoms with van der Waals surface area (Å²) in [6.45, 7) is 2.02. The monoisotopic (exact) mass is 336 g/mol. The zero-order valence-corrected chi connectivity index (χ0v) is 14.0. The fourth-order valence-corrected chi connectivity index (χ4v) is 4.01. The van der Waals surface area contributed by atoms with Gasteiger partial charge in [0.15, 0.2) is 5.65 Å². The molecule has 1 amide bonds. The number of nitrogens with zero attached hydrogens (tertiary/aromatic N) is 6. The van der Waals surface area contributed by atoms with Crippen molar-refractivity contribution in [1.29, 1.82) is 0 Å². The van der Waals surface area contributed by atoms with E-state index >= 15 is 0 Å². The van der Waals surface area contributed by atoms with E-state index in [9.17, 15) is 4.79 Å². The Kier molecular flexibility index (Phi) is 3.33. The summed E-state index contributed by atoms with van der Waals surface area (Å²) in [5.74, 6) is 0.929. The van der Waals surface area contributed by atoms with Gasteiger partial charge in [0.1, 0.15) is 11.3 Å². The lowest BCUT2D eigenvalue weighted by Crippen LogP contribution is -2.38. The quantitative estimate of drug-likeness (QED) is 0.720. The van der Waals surface area contributed by atoms with Crippen LogP contribution in [0.2, 0.25) is 0 Å². The minimum Gasteiger partial charge on any atom is -0.332 e. The molecule has 4 heterocycles. The molecule has 1 aliphatic carbocycles. The summed E-state index contributed by atoms with van der Waals surface area (Å²) in [5.41, 5.74) is 2.29. The molecule has 5 rings (SSSR count). The number of fused-ring (bicyclic) bond motifs is 2. The summed E-state index contributed by atoms with van der Waals surface area (Å²) < 4.78 is 4.27. The first-order chi connectivity index (χ1) is 12.3. The van der Waals surface area contributed by atoms with E-state index in [-0.39, 0.29) is 5.91 Å². The van der Waals surface area contributed by atoms with Crippen LogP contribution in [0.4, 0.5) is 0 Å². The molecule has 0 atom stereocenters. The van der Waals surface area contributed by atoms with Crippen molar-refractivity contribution < 1.29 is 4.79 Å². The zero-order chi connectivity index (χ0) is 16.8. The third-order valence-electron chi connectivity index (χ3n) is 5.41. The molecule has 25 heavy (non-hydrogen) atoms. The van der Waals surface area contributed by atoms with Crippen molar-refractivity contribution in [2.24, 2.45) is 0 Å². The van der Waals surface area contributed by atoms with Crippen molar-refractivity contribution in [3.63, 3.8) is 0 Å². The van der Waals surface area contributed by atoms with Gasteiger partial charge < -0.3 is 14.0 Å². The Bertz CT molecular complexity index is 936. The van der Waals surface area contributed by atoms with Crippen molar-refractivity contribution in [3.05, 3.63) is 42.4 Å². The van der Waals surface area contributed by atoms with E-state index in [1.54, 1.807) is 12.4 Å². The summed E-state index contributed by atoms with van der Waals surface area (Å²) >= 11 is 0. The summed E-state index contributed by atoms with van der Waals surface area (Å²) in [6, 6.07) is 2.37. The van der Waals surface area contributed by atoms with Gasteiger partial charge in [-0.1, -0.05) is 12.8 Å². The molecule has 0 radical (unpaired) electrons. The second-order valence-corrected chi connectivity index (χ2v) is 6.92. The molecule has 0 N–H and O–H groups in total. The zero-order valence-electron chi connectivity index (χ0n) is 14.0. The molecule has 1 aliphatic heterocycles. The number of carbonyl (C=O) groups excluding carboxylic acids is 1. The van der Waals surface area contributed by atoms with Crippen molar-refractivity contribution in [2.75, 3.05) is 6.54 Å². The van der Waals surface area contributed by atoms with Crippen LogP contribution in [0.5, 0.6) is 0 Å². The number of hydrogen-bond acceptors (Lipinski definition) is 4. The van der Waals surface area contributed by atoms with Crippen molar-refractivity contribution in [1.82, 2.24) is 29.0 Å². The van der Waals surface area contributed by atoms with E-state index in [2.05, 4.69) is 24.1 Å². The van der Waals surface area contributed by atoms with E-state index in [4.69, 9.17) is 0 Å². The van der Waals surface area contributed by atoms with E-state index < -0.39 is 0 Å². The molecular formula is C18H20N6O. The molecule has 7 nitrogen and oxygen atoms in total. The van der Waals surface area contributed by atoms with Crippen LogP contribution in [-0.4, -0.2) is 41.4 Å². The molecule has 0 spiro atoms. The largest absolute Gasteiger partial charge is 0.332 e. The fraction of sp³-hybridized carbons (Fsp3) is 0.444. The minimum atomic E-state index is -0.000864. The second-order valence-electron chi connectivity index (χ2n) is 6.92. The Morgan fingerprint density at radius 2 is 2.00 bits per heavy atom. The van der Waals surface area contributed by atoms with Crippen LogP contribution in [0.3, 0.4) is 0 Å². The SMILES string of the molecule is O=C(c1cnc2c(c1)ncn2C1CCCC1)N1CCn2ccnc2C1. The lowest BCUT2D eigenvalue weighted by molar-refractivity contribution is 0.0707. The molecule has 2 aliphatic rings. The van der Waals surface area contributed by atoms with Crippen LogP contribution < -0.4 is 0 Å². The predicted octanol–water partition coefficient (Wildman–Crippen LogP) is 2.40. The van der Waals surface area contributed by atoms with E-state index in [1.165, 1.54) is 25.7 Å². The van der Waals surface area contributed by atoms with Gasteiger partial charge in [-0.2, -0.15) is 0 Å². The number of rotatable bonds is 2. The van der Waals surface area contributed by atoms with Gasteiger partial charge in [-0.15, -0.1) is 0 Å². The maximum Gasteiger partial charge on any atom is 0.255 e. The second kappa shape index (κ2) is 5.68. The van der Waals surface area contributed by atoms with Crippen molar-refractivity contribution in [2.45, 2.75) is 44.8 Å². The molecule has 1 fully saturated rings. The first-order valence-corrected chi connectivity index (χ1v) is 8.91. The van der Waals surface area contributed by atoms with Gasteiger partial charge >= 0.3 is 0 Å². The molecule has 3 aromatic heterocycles. The van der Waals surface area contributed by atoms with Gasteiger partial charge in [-0.25, -0.2) is 15.0 Å². The molecule has 128 valence electrons. The van der Waals surface area contributed by atoms with Crippen LogP contribution in [-0.2, 0) is 13.1 Å². The molecule has 7 heteroatoms. The number of carbonyl (C=O) groups is 1. The van der Waals surface area contributed by atoms with Gasteiger partial charge in [0.2, 0.25) is 0 Å². The third-order valence-corrected chi connectivity index (χ3v) is 5.41. The number of hydrogen-bond donors (Lipinski definition) is 0. The summed E-state index contributed by atoms with van der Waals surface area (Å²) in [6.07, 6.45) is 12.2. The summed E-state index contributed by atoms with van der Waals surface area (Å²) in [7, 11) is 0. The maximum absolute atomic E-state index is 12.9. The van der Waals surface area contributed by atoms with Crippen LogP contribution in [0, 0.1) is 0 Å². The number of amides is 1. The predicted molar refractivity (Wildman–Crippen MR) is 92.0 cm³/mol. The lowest BCUT2D eigenvalue weighted by atomic mass is 10.2. The average Bonchev–Trinajstić information content (AvgIpc) is 3.38. The Morgan fingerprint density at radius 1 is 1.12 bits per heavy atom. The number of aromatic nitrogens is 5. The fourth-order valence-electron chi connectivity index (χ4n) is 4.01. The molecule has 0 bridgehead atoms. The van der Waals surface area contributed by atoms with Gasteiger partial charge in [0.25, 0.3) is 5.91 Å². The smallest absolute Gasteiger partial charge is 0.255 e. The third kappa shape index (κ3) is 2.42. The highest BCUT2D eigenvalue weighted by molar-refractivity contribution is 5.96. The van der Waals surface area contributed by atoms with E-state index in [0.717, 1.165) is 23.5 Å². The van der Waals surface area contributed by atoms with Gasteiger partial charge in [-0.3, -0.25) is 4.79 Å². The number of imidazole rings is 2. The van der Waals surface area contributed by atoms with Crippen LogP contribution in [0.1, 0.15) is 47.9 Å². The van der Waals surface area contributed by atoms with E-state index in [1.807, 2.05) is 23.5 Å². The first-order valence-electron chi connectivity index (χ1n) is 8.91. The molecule has 1 saturated carbocycles. The first kappa shape index (κ1) is 14.6. The highest BCUT2D eigenvalue weighted by atomic mass is 16.2. The average molecular weight is 336 g/mol. The van der Waals surface area contributed by atoms with Crippen molar-refractivity contribution in [3.8, 4) is 0 Å². The highest BCUT2D eigenvalue weighted by Gasteiger charge is 2.24. The number of pyridine rings is 1. The van der Waals surface area contributed by atoms with Crippen molar-refractivity contribution >= 4 is 17.1 Å². The topological polar surface area (TPSA) is 68.8 Å². The van der Waals surface area contributed by atoms with Gasteiger partial charge in [0, 0.05) is 37.7 Å². The molecule has 0 saturated heterocycles. The lowest BCUT2D eigenvalue weighted by Gasteiger charge is -2.27. The Balaban J connectivity index is 1.42. The standard InChI is InChI=1S/C18H20N6O/c25-18(23-8-7-22-6-5-19-16(22)11-23)13-9-15-17(20-10-13)24(12-21-15)14-3-1-2-4-14/h5-6,9-10,12,14H,1-4,7-8,11H2. The minimum absolute atomic E-state index is 0.000864. The van der Waals surface area contributed by atoms with Crippen LogP contribution in [0.25, 0.3) is 11.2 Å².